The number of nitrogens with zero attached hydrogens (tertiary/aromatic N) is 4. The number of carbonyl (C=O) groups excluding carboxylic acids is 3. The molecule has 1 fully saturated rings. The van der Waals surface area contributed by atoms with E-state index in [4.69, 9.17) is 9.47 Å². The summed E-state index contributed by atoms with van der Waals surface area (Å²) in [4.78, 5) is 51.4. The highest BCUT2D eigenvalue weighted by Crippen LogP contribution is 2.51. The summed E-state index contributed by atoms with van der Waals surface area (Å²) >= 11 is 0. The van der Waals surface area contributed by atoms with Gasteiger partial charge in [0.2, 0.25) is 5.91 Å². The van der Waals surface area contributed by atoms with Crippen LogP contribution in [0.3, 0.4) is 0 Å². The van der Waals surface area contributed by atoms with Gasteiger partial charge >= 0.3 is 12.1 Å². The van der Waals surface area contributed by atoms with E-state index in [1.54, 1.807) is 20.8 Å². The Balaban J connectivity index is 1.79. The van der Waals surface area contributed by atoms with Gasteiger partial charge in [0.1, 0.15) is 46.5 Å². The maximum absolute atomic E-state index is 15.5. The lowest BCUT2D eigenvalue weighted by Gasteiger charge is -2.41. The first-order valence-corrected chi connectivity index (χ1v) is 13.0. The van der Waals surface area contributed by atoms with E-state index in [9.17, 15) is 36.3 Å². The van der Waals surface area contributed by atoms with Crippen molar-refractivity contribution in [3.63, 3.8) is 0 Å². The maximum Gasteiger partial charge on any atom is 0.415 e. The highest BCUT2D eigenvalue weighted by atomic mass is 19.4. The molecule has 1 aromatic heterocycles. The summed E-state index contributed by atoms with van der Waals surface area (Å²) in [5.41, 5.74) is -4.89. The third-order valence-corrected chi connectivity index (χ3v) is 6.65. The first-order valence-electron chi connectivity index (χ1n) is 13.0. The van der Waals surface area contributed by atoms with Crippen molar-refractivity contribution < 1.29 is 50.2 Å². The number of halogens is 6. The average molecular weight is 616 g/mol. The van der Waals surface area contributed by atoms with Crippen LogP contribution in [0.4, 0.5) is 32.0 Å². The number of ether oxygens (including phenoxy) is 2. The number of esters is 1. The molecule has 0 spiro atoms. The lowest BCUT2D eigenvalue weighted by Crippen LogP contribution is -2.57. The first-order chi connectivity index (χ1) is 20.0. The fourth-order valence-electron chi connectivity index (χ4n) is 4.94. The molecule has 0 radical (unpaired) electrons. The largest absolute Gasteiger partial charge is 0.460 e. The van der Waals surface area contributed by atoms with Crippen molar-refractivity contribution in [1.29, 1.82) is 0 Å². The second-order valence-electron chi connectivity index (χ2n) is 10.8. The monoisotopic (exact) mass is 615 g/mol. The lowest BCUT2D eigenvalue weighted by molar-refractivity contribution is -0.218. The Morgan fingerprint density at radius 1 is 1.19 bits per heavy atom. The molecule has 10 nitrogen and oxygen atoms in total. The van der Waals surface area contributed by atoms with Crippen LogP contribution in [0.2, 0.25) is 0 Å². The molecule has 0 saturated carbocycles. The van der Waals surface area contributed by atoms with Gasteiger partial charge in [-0.3, -0.25) is 29.3 Å². The third-order valence-electron chi connectivity index (χ3n) is 6.65. The van der Waals surface area contributed by atoms with Crippen LogP contribution in [0, 0.1) is 11.7 Å². The molecule has 4 rings (SSSR count). The minimum absolute atomic E-state index is 0.140. The number of amidine groups is 1. The van der Waals surface area contributed by atoms with Gasteiger partial charge in [-0.2, -0.15) is 13.2 Å². The van der Waals surface area contributed by atoms with Crippen LogP contribution in [-0.2, 0) is 24.6 Å². The highest BCUT2D eigenvalue weighted by Gasteiger charge is 2.66. The van der Waals surface area contributed by atoms with Crippen LogP contribution < -0.4 is 5.32 Å². The number of amides is 2. The second-order valence-corrected chi connectivity index (χ2v) is 10.8. The Labute approximate surface area is 241 Å². The van der Waals surface area contributed by atoms with Gasteiger partial charge in [0.15, 0.2) is 6.10 Å². The van der Waals surface area contributed by atoms with Crippen LogP contribution in [0.5, 0.6) is 0 Å². The Bertz CT molecular complexity index is 1440. The molecule has 1 N–H and O–H groups in total. The average Bonchev–Trinajstić information content (AvgIpc) is 3.30. The number of carbonyl (C=O) groups is 3. The molecule has 3 atom stereocenters. The minimum Gasteiger partial charge on any atom is -0.460 e. The maximum atomic E-state index is 15.5. The molecule has 2 aliphatic heterocycles. The predicted molar refractivity (Wildman–Crippen MR) is 138 cm³/mol. The molecule has 16 heteroatoms. The van der Waals surface area contributed by atoms with E-state index in [1.807, 2.05) is 0 Å². The second kappa shape index (κ2) is 11.5. The van der Waals surface area contributed by atoms with E-state index in [1.165, 1.54) is 6.92 Å². The number of nitrogens with one attached hydrogen (secondary N) is 1. The lowest BCUT2D eigenvalue weighted by atomic mass is 9.75. The van der Waals surface area contributed by atoms with Gasteiger partial charge in [-0.25, -0.2) is 18.2 Å². The van der Waals surface area contributed by atoms with E-state index in [-0.39, 0.29) is 23.8 Å². The van der Waals surface area contributed by atoms with Crippen molar-refractivity contribution in [2.75, 3.05) is 18.5 Å². The number of aliphatic imine (C=N–C) groups is 1. The van der Waals surface area contributed by atoms with Gasteiger partial charge in [0.05, 0.1) is 19.0 Å². The molecule has 0 bridgehead atoms. The van der Waals surface area contributed by atoms with Crippen molar-refractivity contribution >= 4 is 29.3 Å². The molecule has 3 heterocycles. The summed E-state index contributed by atoms with van der Waals surface area (Å²) < 4.78 is 93.7. The van der Waals surface area contributed by atoms with E-state index < -0.39 is 83.6 Å². The molecule has 232 valence electrons. The third kappa shape index (κ3) is 6.48. The number of anilines is 1. The van der Waals surface area contributed by atoms with Crippen LogP contribution >= 0.6 is 0 Å². The summed E-state index contributed by atoms with van der Waals surface area (Å²) in [5, 5.41) is 2.36. The fraction of sp³-hybridized carbons (Fsp3) is 0.481. The smallest absolute Gasteiger partial charge is 0.415 e. The normalized spacial score (nSPS) is 22.3. The summed E-state index contributed by atoms with van der Waals surface area (Å²) in [6.07, 6.45) is -9.73. The van der Waals surface area contributed by atoms with Crippen molar-refractivity contribution in [3.8, 4) is 0 Å². The molecule has 2 aliphatic rings. The molecule has 0 unspecified atom stereocenters. The Kier molecular flexibility index (Phi) is 8.55. The summed E-state index contributed by atoms with van der Waals surface area (Å²) in [7, 11) is 0. The minimum atomic E-state index is -5.04. The molecule has 0 aliphatic carbocycles. The van der Waals surface area contributed by atoms with Crippen LogP contribution in [0.15, 0.2) is 35.6 Å². The zero-order valence-electron chi connectivity index (χ0n) is 23.3. The number of rotatable bonds is 7. The quantitative estimate of drug-likeness (QED) is 0.358. The van der Waals surface area contributed by atoms with E-state index >= 15 is 4.39 Å². The Morgan fingerprint density at radius 3 is 2.44 bits per heavy atom. The van der Waals surface area contributed by atoms with E-state index in [0.29, 0.717) is 6.20 Å². The number of hydrogen-bond donors (Lipinski definition) is 1. The standard InChI is InChI=1S/C27H27F6N5O5/c1-5-38-18(9-19(39)43-25(2,3)4)37-26(12-42-21(27(31,32)33)20(26)24(38)41)14-8-13(6-7-15(14)28)36-23(40)17-11-34-16(10-35-17)22(29)30/h6-8,10-11,20-22H,5,9,12H2,1-4H3,(H,36,40)/t20-,21-,26+/m0/s1. The van der Waals surface area contributed by atoms with Gasteiger partial charge in [-0.1, -0.05) is 0 Å². The zero-order valence-corrected chi connectivity index (χ0v) is 23.3. The van der Waals surface area contributed by atoms with Gasteiger partial charge < -0.3 is 14.8 Å². The van der Waals surface area contributed by atoms with Gasteiger partial charge in [0, 0.05) is 17.8 Å². The van der Waals surface area contributed by atoms with Gasteiger partial charge in [-0.05, 0) is 45.9 Å². The van der Waals surface area contributed by atoms with Crippen LogP contribution in [0.1, 0.15) is 62.3 Å². The molecular weight excluding hydrogens is 588 g/mol. The zero-order chi connectivity index (χ0) is 31.9. The molecule has 1 aromatic carbocycles. The number of hydrogen-bond acceptors (Lipinski definition) is 8. The van der Waals surface area contributed by atoms with Crippen molar-refractivity contribution in [3.05, 3.63) is 53.4 Å². The summed E-state index contributed by atoms with van der Waals surface area (Å²) in [6.45, 7) is 5.24. The fourth-order valence-corrected chi connectivity index (χ4v) is 4.94. The van der Waals surface area contributed by atoms with Crippen molar-refractivity contribution in [2.45, 2.75) is 64.0 Å². The first kappa shape index (κ1) is 31.8. The molecule has 2 amide bonds. The molecule has 43 heavy (non-hydrogen) atoms. The SMILES string of the molecule is CCN1C(=O)[C@@H]2[C@@H](C(F)(F)F)OC[C@]2(c2cc(NC(=O)c3cnc(C(F)F)cn3)ccc2F)N=C1CC(=O)OC(C)(C)C. The van der Waals surface area contributed by atoms with Gasteiger partial charge in [0.25, 0.3) is 12.3 Å². The number of aromatic nitrogens is 2. The predicted octanol–water partition coefficient (Wildman–Crippen LogP) is 4.57. The van der Waals surface area contributed by atoms with Crippen LogP contribution in [-0.4, -0.2) is 69.5 Å². The van der Waals surface area contributed by atoms with E-state index in [2.05, 4.69) is 20.3 Å². The van der Waals surface area contributed by atoms with Crippen molar-refractivity contribution in [2.24, 2.45) is 10.9 Å². The Morgan fingerprint density at radius 2 is 1.88 bits per heavy atom. The summed E-state index contributed by atoms with van der Waals surface area (Å²) in [5.74, 6) is -6.22. The molecular formula is C27H27F6N5O5. The molecule has 1 saturated heterocycles. The highest BCUT2D eigenvalue weighted by molar-refractivity contribution is 6.08. The summed E-state index contributed by atoms with van der Waals surface area (Å²) in [6, 6.07) is 2.93. The van der Waals surface area contributed by atoms with Gasteiger partial charge in [-0.15, -0.1) is 0 Å². The van der Waals surface area contributed by atoms with Crippen molar-refractivity contribution in [1.82, 2.24) is 14.9 Å². The van der Waals surface area contributed by atoms with Crippen LogP contribution in [0.25, 0.3) is 0 Å². The Hall–Kier alpha value is -4.08. The number of alkyl halides is 5. The topological polar surface area (TPSA) is 123 Å². The molecule has 2 aromatic rings. The number of benzene rings is 1. The van der Waals surface area contributed by atoms with E-state index in [0.717, 1.165) is 29.3 Å². The number of fused-ring (bicyclic) bond motifs is 1.